The number of hydrogen-bond acceptors (Lipinski definition) is 2. The molecular weight excluding hydrogens is 240 g/mol. The number of fused-ring (bicyclic) bond motifs is 1. The molecule has 1 aliphatic heterocycles. The molecule has 1 aromatic carbocycles. The summed E-state index contributed by atoms with van der Waals surface area (Å²) < 4.78 is 0. The summed E-state index contributed by atoms with van der Waals surface area (Å²) in [6, 6.07) is 8.28. The quantitative estimate of drug-likeness (QED) is 0.765. The summed E-state index contributed by atoms with van der Waals surface area (Å²) in [7, 11) is 0. The number of hydrogen-bond donors (Lipinski definition) is 3. The number of carbonyl (C=O) groups is 1. The molecule has 4 heteroatoms. The zero-order chi connectivity index (χ0) is 13.4. The van der Waals surface area contributed by atoms with Gasteiger partial charge in [0.15, 0.2) is 0 Å². The molecule has 0 aromatic heterocycles. The first-order chi connectivity index (χ1) is 9.16. The van der Waals surface area contributed by atoms with Crippen LogP contribution in [0.3, 0.4) is 0 Å². The van der Waals surface area contributed by atoms with E-state index < -0.39 is 6.09 Å². The van der Waals surface area contributed by atoms with E-state index in [2.05, 4.69) is 17.6 Å². The van der Waals surface area contributed by atoms with Crippen LogP contribution in [0, 0.1) is 11.8 Å². The Hall–Kier alpha value is -1.71. The molecule has 2 aliphatic rings. The van der Waals surface area contributed by atoms with Gasteiger partial charge in [0.1, 0.15) is 0 Å². The van der Waals surface area contributed by atoms with Gasteiger partial charge in [-0.25, -0.2) is 4.79 Å². The van der Waals surface area contributed by atoms with Gasteiger partial charge >= 0.3 is 6.09 Å². The van der Waals surface area contributed by atoms with E-state index in [1.807, 2.05) is 24.3 Å². The lowest BCUT2D eigenvalue weighted by atomic mass is 9.70. The summed E-state index contributed by atoms with van der Waals surface area (Å²) in [6.45, 7) is 2.15. The molecule has 3 atom stereocenters. The molecule has 1 heterocycles. The van der Waals surface area contributed by atoms with Crippen molar-refractivity contribution in [2.75, 3.05) is 5.32 Å². The van der Waals surface area contributed by atoms with Gasteiger partial charge < -0.3 is 15.7 Å². The molecule has 1 amide bonds. The second-order valence-corrected chi connectivity index (χ2v) is 5.73. The van der Waals surface area contributed by atoms with E-state index >= 15 is 0 Å². The minimum Gasteiger partial charge on any atom is -0.465 e. The monoisotopic (exact) mass is 260 g/mol. The van der Waals surface area contributed by atoms with Crippen LogP contribution in [-0.4, -0.2) is 17.2 Å². The Labute approximate surface area is 113 Å². The van der Waals surface area contributed by atoms with Crippen molar-refractivity contribution in [2.45, 2.75) is 38.3 Å². The Bertz CT molecular complexity index is 485. The number of nitrogens with one attached hydrogen (secondary N) is 2. The Balaban J connectivity index is 1.93. The highest BCUT2D eigenvalue weighted by Gasteiger charge is 2.40. The molecule has 4 nitrogen and oxygen atoms in total. The standard InChI is InChI=1S/C15H20N2O2/c1-9-13(10-5-4-6-10)16-12-8-3-2-7-11(12)14(9)17-15(18)19/h2-3,7-10,13-14,16-17H,4-6H2,1H3,(H,18,19)/t9-,13+,14-/m1/s1. The third-order valence-corrected chi connectivity index (χ3v) is 4.65. The average Bonchev–Trinajstić information content (AvgIpc) is 2.32. The first-order valence-corrected chi connectivity index (χ1v) is 7.01. The summed E-state index contributed by atoms with van der Waals surface area (Å²) in [4.78, 5) is 11.1. The van der Waals surface area contributed by atoms with E-state index in [4.69, 9.17) is 5.11 Å². The highest BCUT2D eigenvalue weighted by atomic mass is 16.4. The molecule has 102 valence electrons. The number of anilines is 1. The lowest BCUT2D eigenvalue weighted by molar-refractivity contribution is 0.167. The van der Waals surface area contributed by atoms with Crippen LogP contribution in [0.1, 0.15) is 37.8 Å². The predicted molar refractivity (Wildman–Crippen MR) is 74.3 cm³/mol. The number of para-hydroxylation sites is 1. The number of carboxylic acid groups (broad SMARTS) is 1. The highest BCUT2D eigenvalue weighted by Crippen LogP contribution is 2.43. The van der Waals surface area contributed by atoms with E-state index in [9.17, 15) is 4.79 Å². The van der Waals surface area contributed by atoms with Crippen molar-refractivity contribution in [3.63, 3.8) is 0 Å². The van der Waals surface area contributed by atoms with Crippen LogP contribution in [0.15, 0.2) is 24.3 Å². The largest absolute Gasteiger partial charge is 0.465 e. The first kappa shape index (κ1) is 12.3. The lowest BCUT2D eigenvalue weighted by Crippen LogP contribution is -2.48. The zero-order valence-corrected chi connectivity index (χ0v) is 11.1. The normalized spacial score (nSPS) is 29.8. The summed E-state index contributed by atoms with van der Waals surface area (Å²) in [5, 5.41) is 15.4. The molecular formula is C15H20N2O2. The van der Waals surface area contributed by atoms with Crippen molar-refractivity contribution >= 4 is 11.8 Å². The minimum absolute atomic E-state index is 0.111. The molecule has 3 N–H and O–H groups in total. The zero-order valence-electron chi connectivity index (χ0n) is 11.1. The fraction of sp³-hybridized carbons (Fsp3) is 0.533. The Kier molecular flexibility index (Phi) is 3.09. The van der Waals surface area contributed by atoms with Crippen LogP contribution < -0.4 is 10.6 Å². The van der Waals surface area contributed by atoms with E-state index in [1.54, 1.807) is 0 Å². The van der Waals surface area contributed by atoms with Crippen LogP contribution in [-0.2, 0) is 0 Å². The van der Waals surface area contributed by atoms with Gasteiger partial charge in [-0.2, -0.15) is 0 Å². The Morgan fingerprint density at radius 1 is 1.37 bits per heavy atom. The van der Waals surface area contributed by atoms with Gasteiger partial charge in [0.25, 0.3) is 0 Å². The molecule has 19 heavy (non-hydrogen) atoms. The number of amides is 1. The second kappa shape index (κ2) is 4.76. The Morgan fingerprint density at radius 2 is 2.11 bits per heavy atom. The van der Waals surface area contributed by atoms with Crippen LogP contribution in [0.25, 0.3) is 0 Å². The van der Waals surface area contributed by atoms with Gasteiger partial charge in [-0.3, -0.25) is 0 Å². The summed E-state index contributed by atoms with van der Waals surface area (Å²) in [5.74, 6) is 0.956. The van der Waals surface area contributed by atoms with E-state index in [-0.39, 0.29) is 12.0 Å². The summed E-state index contributed by atoms with van der Waals surface area (Å²) in [6.07, 6.45) is 2.86. The third-order valence-electron chi connectivity index (χ3n) is 4.65. The molecule has 0 spiro atoms. The molecule has 3 rings (SSSR count). The lowest BCUT2D eigenvalue weighted by Gasteiger charge is -2.45. The molecule has 0 unspecified atom stereocenters. The molecule has 1 aliphatic carbocycles. The smallest absolute Gasteiger partial charge is 0.405 e. The van der Waals surface area contributed by atoms with Crippen molar-refractivity contribution < 1.29 is 9.90 Å². The maximum absolute atomic E-state index is 11.1. The van der Waals surface area contributed by atoms with E-state index in [0.29, 0.717) is 12.0 Å². The maximum Gasteiger partial charge on any atom is 0.405 e. The Morgan fingerprint density at radius 3 is 2.74 bits per heavy atom. The number of rotatable bonds is 2. The molecule has 1 saturated carbocycles. The summed E-state index contributed by atoms with van der Waals surface area (Å²) in [5.41, 5.74) is 2.14. The minimum atomic E-state index is -0.944. The first-order valence-electron chi connectivity index (χ1n) is 7.01. The van der Waals surface area contributed by atoms with Gasteiger partial charge in [0, 0.05) is 17.6 Å². The van der Waals surface area contributed by atoms with Gasteiger partial charge in [-0.05, 0) is 30.4 Å². The van der Waals surface area contributed by atoms with Gasteiger partial charge in [-0.1, -0.05) is 31.5 Å². The van der Waals surface area contributed by atoms with Crippen molar-refractivity contribution in [3.8, 4) is 0 Å². The second-order valence-electron chi connectivity index (χ2n) is 5.73. The maximum atomic E-state index is 11.1. The predicted octanol–water partition coefficient (Wildman–Crippen LogP) is 3.23. The van der Waals surface area contributed by atoms with Crippen LogP contribution >= 0.6 is 0 Å². The molecule has 0 bridgehead atoms. The highest BCUT2D eigenvalue weighted by molar-refractivity contribution is 5.67. The van der Waals surface area contributed by atoms with Gasteiger partial charge in [-0.15, -0.1) is 0 Å². The SMILES string of the molecule is C[C@@H]1[C@@H](C2CCC2)Nc2ccccc2[C@@H]1NC(=O)O. The molecule has 1 aromatic rings. The fourth-order valence-electron chi connectivity index (χ4n) is 3.39. The fourth-order valence-corrected chi connectivity index (χ4v) is 3.39. The molecule has 0 radical (unpaired) electrons. The van der Waals surface area contributed by atoms with Gasteiger partial charge in [0.2, 0.25) is 0 Å². The van der Waals surface area contributed by atoms with Crippen LogP contribution in [0.5, 0.6) is 0 Å². The topological polar surface area (TPSA) is 61.4 Å². The van der Waals surface area contributed by atoms with E-state index in [0.717, 1.165) is 11.3 Å². The molecule has 0 saturated heterocycles. The number of benzene rings is 1. The molecule has 1 fully saturated rings. The van der Waals surface area contributed by atoms with E-state index in [1.165, 1.54) is 19.3 Å². The average molecular weight is 260 g/mol. The van der Waals surface area contributed by atoms with Crippen molar-refractivity contribution in [1.82, 2.24) is 5.32 Å². The summed E-state index contributed by atoms with van der Waals surface area (Å²) >= 11 is 0. The van der Waals surface area contributed by atoms with Crippen molar-refractivity contribution in [2.24, 2.45) is 11.8 Å². The third kappa shape index (κ3) is 2.15. The van der Waals surface area contributed by atoms with Crippen LogP contribution in [0.2, 0.25) is 0 Å². The van der Waals surface area contributed by atoms with Crippen LogP contribution in [0.4, 0.5) is 10.5 Å². The van der Waals surface area contributed by atoms with Gasteiger partial charge in [0.05, 0.1) is 6.04 Å². The van der Waals surface area contributed by atoms with Crippen molar-refractivity contribution in [1.29, 1.82) is 0 Å². The van der Waals surface area contributed by atoms with Crippen molar-refractivity contribution in [3.05, 3.63) is 29.8 Å².